The van der Waals surface area contributed by atoms with Gasteiger partial charge >= 0.3 is 0 Å². The van der Waals surface area contributed by atoms with Crippen molar-refractivity contribution in [3.63, 3.8) is 0 Å². The van der Waals surface area contributed by atoms with Crippen molar-refractivity contribution in [2.75, 3.05) is 19.8 Å². The van der Waals surface area contributed by atoms with Crippen LogP contribution in [0.3, 0.4) is 0 Å². The van der Waals surface area contributed by atoms with Gasteiger partial charge in [-0.25, -0.2) is 4.39 Å². The topological polar surface area (TPSA) is 18.5 Å². The lowest BCUT2D eigenvalue weighted by atomic mass is 10.0. The Bertz CT molecular complexity index is 291. The van der Waals surface area contributed by atoms with Crippen LogP contribution in [0.1, 0.15) is 12.8 Å². The normalized spacial score (nSPS) is 22.2. The molecule has 0 aromatic rings. The minimum atomic E-state index is -1.09. The van der Waals surface area contributed by atoms with E-state index < -0.39 is 11.7 Å². The van der Waals surface area contributed by atoms with Crippen LogP contribution in [0.25, 0.3) is 0 Å². The average molecular weight is 230 g/mol. The lowest BCUT2D eigenvalue weighted by Gasteiger charge is -2.22. The van der Waals surface area contributed by atoms with Crippen molar-refractivity contribution in [1.82, 2.24) is 0 Å². The van der Waals surface area contributed by atoms with Gasteiger partial charge in [-0.3, -0.25) is 0 Å². The van der Waals surface area contributed by atoms with E-state index in [1.165, 1.54) is 0 Å². The van der Waals surface area contributed by atoms with Crippen LogP contribution in [-0.4, -0.2) is 19.8 Å². The molecule has 0 aliphatic carbocycles. The summed E-state index contributed by atoms with van der Waals surface area (Å²) < 4.78 is 36.2. The fourth-order valence-electron chi connectivity index (χ4n) is 1.44. The lowest BCUT2D eigenvalue weighted by molar-refractivity contribution is 0.0220. The van der Waals surface area contributed by atoms with Gasteiger partial charge < -0.3 is 9.47 Å². The van der Waals surface area contributed by atoms with Gasteiger partial charge in [-0.15, -0.1) is 0 Å². The molecule has 1 saturated heterocycles. The van der Waals surface area contributed by atoms with Gasteiger partial charge in [0.1, 0.15) is 0 Å². The van der Waals surface area contributed by atoms with Gasteiger partial charge in [0.05, 0.1) is 13.2 Å². The molecular formula is C12H16F2O2. The first-order valence-electron chi connectivity index (χ1n) is 5.22. The fraction of sp³-hybridized carbons (Fsp3) is 0.500. The number of hydrogen-bond donors (Lipinski definition) is 0. The SMILES string of the molecule is C=C/C(F)=C(/F)C(=C)OCC1CCCOC1. The molecule has 0 radical (unpaired) electrons. The molecule has 1 fully saturated rings. The Kier molecular flexibility index (Phi) is 5.19. The maximum Gasteiger partial charge on any atom is 0.199 e. The second kappa shape index (κ2) is 6.43. The first-order valence-corrected chi connectivity index (χ1v) is 5.22. The van der Waals surface area contributed by atoms with Gasteiger partial charge in [-0.1, -0.05) is 13.2 Å². The monoisotopic (exact) mass is 230 g/mol. The molecular weight excluding hydrogens is 214 g/mol. The summed E-state index contributed by atoms with van der Waals surface area (Å²) in [4.78, 5) is 0. The maximum absolute atomic E-state index is 13.1. The van der Waals surface area contributed by atoms with Crippen LogP contribution in [-0.2, 0) is 9.47 Å². The number of rotatable bonds is 5. The smallest absolute Gasteiger partial charge is 0.199 e. The van der Waals surface area contributed by atoms with Crippen LogP contribution in [0, 0.1) is 5.92 Å². The van der Waals surface area contributed by atoms with E-state index >= 15 is 0 Å². The van der Waals surface area contributed by atoms with Gasteiger partial charge in [0.25, 0.3) is 0 Å². The molecule has 1 heterocycles. The highest BCUT2D eigenvalue weighted by atomic mass is 19.2. The van der Waals surface area contributed by atoms with Crippen LogP contribution in [0.4, 0.5) is 8.78 Å². The summed E-state index contributed by atoms with van der Waals surface area (Å²) in [6.07, 6.45) is 2.73. The van der Waals surface area contributed by atoms with Crippen LogP contribution >= 0.6 is 0 Å². The highest BCUT2D eigenvalue weighted by Gasteiger charge is 2.16. The third-order valence-electron chi connectivity index (χ3n) is 2.38. The van der Waals surface area contributed by atoms with Crippen molar-refractivity contribution >= 4 is 0 Å². The minimum absolute atomic E-state index is 0.227. The van der Waals surface area contributed by atoms with Gasteiger partial charge in [-0.05, 0) is 18.9 Å². The molecule has 1 atom stereocenters. The molecule has 2 nitrogen and oxygen atoms in total. The lowest BCUT2D eigenvalue weighted by Crippen LogP contribution is -2.21. The summed E-state index contributed by atoms with van der Waals surface area (Å²) in [5.74, 6) is -2.20. The van der Waals surface area contributed by atoms with E-state index in [4.69, 9.17) is 9.47 Å². The van der Waals surface area contributed by atoms with Crippen molar-refractivity contribution in [2.24, 2.45) is 5.92 Å². The molecule has 0 spiro atoms. The summed E-state index contributed by atoms with van der Waals surface area (Å²) in [5, 5.41) is 0. The first-order chi connectivity index (χ1) is 7.65. The summed E-state index contributed by atoms with van der Waals surface area (Å²) in [6, 6.07) is 0. The van der Waals surface area contributed by atoms with Crippen LogP contribution in [0.5, 0.6) is 0 Å². The standard InChI is InChI=1S/C12H16F2O2/c1-3-11(13)12(14)9(2)16-8-10-5-4-6-15-7-10/h3,10H,1-2,4-8H2/b12-11-. The molecule has 0 bridgehead atoms. The molecule has 0 aromatic heterocycles. The van der Waals surface area contributed by atoms with E-state index in [1.807, 2.05) is 0 Å². The zero-order valence-electron chi connectivity index (χ0n) is 9.18. The largest absolute Gasteiger partial charge is 0.491 e. The third-order valence-corrected chi connectivity index (χ3v) is 2.38. The third kappa shape index (κ3) is 3.77. The minimum Gasteiger partial charge on any atom is -0.491 e. The van der Waals surface area contributed by atoms with Gasteiger partial charge in [0, 0.05) is 12.5 Å². The molecule has 4 heteroatoms. The highest BCUT2D eigenvalue weighted by Crippen LogP contribution is 2.20. The van der Waals surface area contributed by atoms with Crippen molar-refractivity contribution in [2.45, 2.75) is 12.8 Å². The molecule has 1 aliphatic heterocycles. The quantitative estimate of drug-likeness (QED) is 0.533. The molecule has 1 unspecified atom stereocenters. The summed E-state index contributed by atoms with van der Waals surface area (Å²) in [7, 11) is 0. The molecule has 0 N–H and O–H groups in total. The summed E-state index contributed by atoms with van der Waals surface area (Å²) in [5.41, 5.74) is 0. The van der Waals surface area contributed by atoms with Crippen molar-refractivity contribution in [3.05, 3.63) is 36.6 Å². The Hall–Kier alpha value is -1.16. The Labute approximate surface area is 94.2 Å². The number of halogens is 2. The molecule has 90 valence electrons. The Morgan fingerprint density at radius 3 is 2.81 bits per heavy atom. The van der Waals surface area contributed by atoms with Gasteiger partial charge in [0.2, 0.25) is 0 Å². The van der Waals surface area contributed by atoms with Crippen LogP contribution in [0.2, 0.25) is 0 Å². The highest BCUT2D eigenvalue weighted by molar-refractivity contribution is 5.25. The number of allylic oxidation sites excluding steroid dienone is 3. The van der Waals surface area contributed by atoms with Gasteiger partial charge in [0.15, 0.2) is 17.4 Å². The zero-order chi connectivity index (χ0) is 12.0. The van der Waals surface area contributed by atoms with Crippen molar-refractivity contribution < 1.29 is 18.3 Å². The van der Waals surface area contributed by atoms with E-state index in [9.17, 15) is 8.78 Å². The zero-order valence-corrected chi connectivity index (χ0v) is 9.18. The molecule has 1 aliphatic rings. The molecule has 0 saturated carbocycles. The Morgan fingerprint density at radius 2 is 2.25 bits per heavy atom. The Balaban J connectivity index is 2.37. The van der Waals surface area contributed by atoms with E-state index in [0.717, 1.165) is 25.5 Å². The van der Waals surface area contributed by atoms with Gasteiger partial charge in [-0.2, -0.15) is 4.39 Å². The predicted octanol–water partition coefficient (Wildman–Crippen LogP) is 3.28. The molecule has 16 heavy (non-hydrogen) atoms. The van der Waals surface area contributed by atoms with E-state index in [2.05, 4.69) is 13.2 Å². The fourth-order valence-corrected chi connectivity index (χ4v) is 1.44. The number of ether oxygens (including phenoxy) is 2. The van der Waals surface area contributed by atoms with E-state index in [1.54, 1.807) is 0 Å². The molecule has 0 amide bonds. The average Bonchev–Trinajstić information content (AvgIpc) is 2.35. The molecule has 0 aromatic carbocycles. The second-order valence-electron chi connectivity index (χ2n) is 3.68. The number of hydrogen-bond acceptors (Lipinski definition) is 2. The summed E-state index contributed by atoms with van der Waals surface area (Å²) in [6.45, 7) is 8.11. The van der Waals surface area contributed by atoms with Crippen LogP contribution in [0.15, 0.2) is 36.6 Å². The second-order valence-corrected chi connectivity index (χ2v) is 3.68. The molecule has 1 rings (SSSR count). The predicted molar refractivity (Wildman–Crippen MR) is 58.1 cm³/mol. The maximum atomic E-state index is 13.1. The van der Waals surface area contributed by atoms with E-state index in [-0.39, 0.29) is 11.7 Å². The van der Waals surface area contributed by atoms with E-state index in [0.29, 0.717) is 13.2 Å². The van der Waals surface area contributed by atoms with Crippen LogP contribution < -0.4 is 0 Å². The Morgan fingerprint density at radius 1 is 1.50 bits per heavy atom. The first kappa shape index (κ1) is 12.9. The van der Waals surface area contributed by atoms with Crippen molar-refractivity contribution in [3.8, 4) is 0 Å². The summed E-state index contributed by atoms with van der Waals surface area (Å²) >= 11 is 0. The van der Waals surface area contributed by atoms with Crippen molar-refractivity contribution in [1.29, 1.82) is 0 Å².